The maximum Gasteiger partial charge on any atom is 0.143 e. The Bertz CT molecular complexity index is 335. The van der Waals surface area contributed by atoms with E-state index in [2.05, 4.69) is 5.32 Å². The number of nitrogen functional groups attached to an aromatic ring is 1. The standard InChI is InChI=1S/C11H16N2O2/c1-14-11-6-8(2-3-10(11)12)13-9-4-5-15-7-9/h2-3,6,9,13H,4-5,7,12H2,1H3. The highest BCUT2D eigenvalue weighted by molar-refractivity contribution is 5.61. The average molecular weight is 208 g/mol. The van der Waals surface area contributed by atoms with E-state index in [-0.39, 0.29) is 0 Å². The predicted molar refractivity (Wildman–Crippen MR) is 60.3 cm³/mol. The van der Waals surface area contributed by atoms with Crippen LogP contribution in [0.15, 0.2) is 18.2 Å². The van der Waals surface area contributed by atoms with Crippen LogP contribution in [-0.4, -0.2) is 26.4 Å². The highest BCUT2D eigenvalue weighted by Crippen LogP contribution is 2.26. The third-order valence-corrected chi connectivity index (χ3v) is 2.53. The number of anilines is 2. The molecule has 2 rings (SSSR count). The molecule has 1 saturated heterocycles. The van der Waals surface area contributed by atoms with Crippen LogP contribution in [0.4, 0.5) is 11.4 Å². The minimum Gasteiger partial charge on any atom is -0.495 e. The Morgan fingerprint density at radius 2 is 2.40 bits per heavy atom. The molecule has 3 N–H and O–H groups in total. The molecule has 0 amide bonds. The molecule has 4 heteroatoms. The molecule has 82 valence electrons. The second kappa shape index (κ2) is 4.40. The minimum atomic E-state index is 0.401. The third kappa shape index (κ3) is 2.33. The molecular weight excluding hydrogens is 192 g/mol. The molecule has 1 fully saturated rings. The van der Waals surface area contributed by atoms with Crippen LogP contribution in [0, 0.1) is 0 Å². The molecule has 0 radical (unpaired) electrons. The topological polar surface area (TPSA) is 56.5 Å². The second-order valence-electron chi connectivity index (χ2n) is 3.66. The first-order chi connectivity index (χ1) is 7.29. The van der Waals surface area contributed by atoms with E-state index in [4.69, 9.17) is 15.2 Å². The fourth-order valence-corrected chi connectivity index (χ4v) is 1.68. The largest absolute Gasteiger partial charge is 0.495 e. The molecule has 0 aliphatic carbocycles. The molecule has 15 heavy (non-hydrogen) atoms. The summed E-state index contributed by atoms with van der Waals surface area (Å²) in [5.74, 6) is 0.707. The first-order valence-electron chi connectivity index (χ1n) is 5.07. The smallest absolute Gasteiger partial charge is 0.143 e. The van der Waals surface area contributed by atoms with Crippen LogP contribution in [-0.2, 0) is 4.74 Å². The number of hydrogen-bond acceptors (Lipinski definition) is 4. The van der Waals surface area contributed by atoms with Gasteiger partial charge in [0, 0.05) is 18.4 Å². The van der Waals surface area contributed by atoms with Gasteiger partial charge in [0.1, 0.15) is 5.75 Å². The minimum absolute atomic E-state index is 0.401. The number of nitrogens with one attached hydrogen (secondary N) is 1. The van der Waals surface area contributed by atoms with Crippen LogP contribution < -0.4 is 15.8 Å². The van der Waals surface area contributed by atoms with Gasteiger partial charge in [0.25, 0.3) is 0 Å². The molecule has 0 aromatic heterocycles. The van der Waals surface area contributed by atoms with Crippen molar-refractivity contribution >= 4 is 11.4 Å². The molecule has 1 heterocycles. The summed E-state index contributed by atoms with van der Waals surface area (Å²) in [5.41, 5.74) is 7.41. The van der Waals surface area contributed by atoms with Crippen molar-refractivity contribution in [3.05, 3.63) is 18.2 Å². The van der Waals surface area contributed by atoms with Crippen LogP contribution in [0.3, 0.4) is 0 Å². The van der Waals surface area contributed by atoms with Crippen molar-refractivity contribution in [1.29, 1.82) is 0 Å². The Labute approximate surface area is 89.4 Å². The Hall–Kier alpha value is -1.42. The average Bonchev–Trinajstić information content (AvgIpc) is 2.73. The van der Waals surface area contributed by atoms with Gasteiger partial charge in [0.15, 0.2) is 0 Å². The summed E-state index contributed by atoms with van der Waals surface area (Å²) < 4.78 is 10.4. The van der Waals surface area contributed by atoms with Crippen LogP contribution >= 0.6 is 0 Å². The van der Waals surface area contributed by atoms with E-state index in [0.29, 0.717) is 17.5 Å². The number of methoxy groups -OCH3 is 1. The highest BCUT2D eigenvalue weighted by Gasteiger charge is 2.15. The lowest BCUT2D eigenvalue weighted by Crippen LogP contribution is -2.18. The third-order valence-electron chi connectivity index (χ3n) is 2.53. The van der Waals surface area contributed by atoms with Crippen molar-refractivity contribution in [3.63, 3.8) is 0 Å². The number of rotatable bonds is 3. The highest BCUT2D eigenvalue weighted by atomic mass is 16.5. The molecule has 1 aromatic carbocycles. The molecule has 1 aliphatic heterocycles. The van der Waals surface area contributed by atoms with Gasteiger partial charge in [-0.25, -0.2) is 0 Å². The van der Waals surface area contributed by atoms with Gasteiger partial charge in [-0.3, -0.25) is 0 Å². The van der Waals surface area contributed by atoms with Gasteiger partial charge in [0.05, 0.1) is 25.4 Å². The molecule has 1 atom stereocenters. The fourth-order valence-electron chi connectivity index (χ4n) is 1.68. The summed E-state index contributed by atoms with van der Waals surface area (Å²) in [7, 11) is 1.62. The van der Waals surface area contributed by atoms with Crippen molar-refractivity contribution in [3.8, 4) is 5.75 Å². The van der Waals surface area contributed by atoms with Crippen molar-refractivity contribution in [2.24, 2.45) is 0 Å². The SMILES string of the molecule is COc1cc(NC2CCOC2)ccc1N. The van der Waals surface area contributed by atoms with Crippen LogP contribution in [0.1, 0.15) is 6.42 Å². The number of ether oxygens (including phenoxy) is 2. The molecular formula is C11H16N2O2. The molecule has 1 unspecified atom stereocenters. The van der Waals surface area contributed by atoms with Crippen molar-refractivity contribution in [2.75, 3.05) is 31.4 Å². The quantitative estimate of drug-likeness (QED) is 0.739. The van der Waals surface area contributed by atoms with Crippen LogP contribution in [0.2, 0.25) is 0 Å². The Kier molecular flexibility index (Phi) is 2.97. The van der Waals surface area contributed by atoms with Gasteiger partial charge < -0.3 is 20.5 Å². The Morgan fingerprint density at radius 3 is 3.07 bits per heavy atom. The van der Waals surface area contributed by atoms with Crippen molar-refractivity contribution in [2.45, 2.75) is 12.5 Å². The van der Waals surface area contributed by atoms with Gasteiger partial charge in [0.2, 0.25) is 0 Å². The fraction of sp³-hybridized carbons (Fsp3) is 0.455. The number of hydrogen-bond donors (Lipinski definition) is 2. The van der Waals surface area contributed by atoms with E-state index in [1.54, 1.807) is 7.11 Å². The summed E-state index contributed by atoms with van der Waals surface area (Å²) in [6.45, 7) is 1.61. The number of benzene rings is 1. The maximum absolute atomic E-state index is 5.73. The van der Waals surface area contributed by atoms with E-state index in [1.807, 2.05) is 18.2 Å². The normalized spacial score (nSPS) is 20.2. The lowest BCUT2D eigenvalue weighted by atomic mass is 10.2. The van der Waals surface area contributed by atoms with E-state index >= 15 is 0 Å². The van der Waals surface area contributed by atoms with E-state index in [0.717, 1.165) is 25.3 Å². The molecule has 1 aromatic rings. The van der Waals surface area contributed by atoms with Gasteiger partial charge in [-0.1, -0.05) is 0 Å². The Balaban J connectivity index is 2.07. The van der Waals surface area contributed by atoms with Crippen molar-refractivity contribution < 1.29 is 9.47 Å². The summed E-state index contributed by atoms with van der Waals surface area (Å²) in [6, 6.07) is 6.11. The first kappa shape index (κ1) is 10.1. The van der Waals surface area contributed by atoms with Gasteiger partial charge >= 0.3 is 0 Å². The summed E-state index contributed by atoms with van der Waals surface area (Å²) in [5, 5.41) is 3.38. The second-order valence-corrected chi connectivity index (χ2v) is 3.66. The zero-order chi connectivity index (χ0) is 10.7. The first-order valence-corrected chi connectivity index (χ1v) is 5.07. The predicted octanol–water partition coefficient (Wildman–Crippen LogP) is 1.48. The molecule has 4 nitrogen and oxygen atoms in total. The van der Waals surface area contributed by atoms with Gasteiger partial charge in [-0.15, -0.1) is 0 Å². The summed E-state index contributed by atoms with van der Waals surface area (Å²) in [6.07, 6.45) is 1.05. The van der Waals surface area contributed by atoms with Crippen LogP contribution in [0.25, 0.3) is 0 Å². The van der Waals surface area contributed by atoms with E-state index in [9.17, 15) is 0 Å². The maximum atomic E-state index is 5.73. The molecule has 0 saturated carbocycles. The molecule has 0 bridgehead atoms. The summed E-state index contributed by atoms with van der Waals surface area (Å²) in [4.78, 5) is 0. The van der Waals surface area contributed by atoms with E-state index < -0.39 is 0 Å². The van der Waals surface area contributed by atoms with Crippen molar-refractivity contribution in [1.82, 2.24) is 0 Å². The molecule has 1 aliphatic rings. The lowest BCUT2D eigenvalue weighted by Gasteiger charge is -2.13. The van der Waals surface area contributed by atoms with Gasteiger partial charge in [-0.2, -0.15) is 0 Å². The Morgan fingerprint density at radius 1 is 1.53 bits per heavy atom. The van der Waals surface area contributed by atoms with E-state index in [1.165, 1.54) is 0 Å². The zero-order valence-corrected chi connectivity index (χ0v) is 8.82. The zero-order valence-electron chi connectivity index (χ0n) is 8.82. The molecule has 0 spiro atoms. The number of nitrogens with two attached hydrogens (primary N) is 1. The monoisotopic (exact) mass is 208 g/mol. The summed E-state index contributed by atoms with van der Waals surface area (Å²) >= 11 is 0. The lowest BCUT2D eigenvalue weighted by molar-refractivity contribution is 0.195. The van der Waals surface area contributed by atoms with Crippen LogP contribution in [0.5, 0.6) is 5.75 Å². The van der Waals surface area contributed by atoms with Gasteiger partial charge in [-0.05, 0) is 18.6 Å².